The Bertz CT molecular complexity index is 262. The van der Waals surface area contributed by atoms with Gasteiger partial charge in [-0.05, 0) is 35.4 Å². The van der Waals surface area contributed by atoms with Crippen molar-refractivity contribution in [2.75, 3.05) is 6.61 Å². The maximum atomic E-state index is 5.35. The van der Waals surface area contributed by atoms with E-state index in [4.69, 9.17) is 4.74 Å². The van der Waals surface area contributed by atoms with Gasteiger partial charge >= 0.3 is 0 Å². The minimum absolute atomic E-state index is 0.724. The molecule has 3 heteroatoms. The Labute approximate surface area is 81.2 Å². The van der Waals surface area contributed by atoms with Gasteiger partial charge in [-0.2, -0.15) is 0 Å². The van der Waals surface area contributed by atoms with Crippen molar-refractivity contribution >= 4 is 21.6 Å². The molecule has 0 spiro atoms. The van der Waals surface area contributed by atoms with E-state index < -0.39 is 0 Å². The van der Waals surface area contributed by atoms with Crippen molar-refractivity contribution in [3.05, 3.63) is 22.5 Å². The Morgan fingerprint density at radius 2 is 2.25 bits per heavy atom. The first-order chi connectivity index (χ1) is 5.61. The quantitative estimate of drug-likeness (QED) is 0.501. The molecule has 0 amide bonds. The van der Waals surface area contributed by atoms with Crippen LogP contribution in [0.1, 0.15) is 20.3 Å². The van der Waals surface area contributed by atoms with Crippen molar-refractivity contribution in [3.8, 4) is 0 Å². The Balaban J connectivity index is 2.89. The number of hydrogen-bond acceptors (Lipinski definition) is 2. The summed E-state index contributed by atoms with van der Waals surface area (Å²) in [5, 5.41) is 0. The SMILES string of the molecule is C=C1CCO/C1=C(\Br)N=C(C)C. The van der Waals surface area contributed by atoms with Gasteiger partial charge in [0.1, 0.15) is 4.61 Å². The summed E-state index contributed by atoms with van der Waals surface area (Å²) in [7, 11) is 0. The number of rotatable bonds is 1. The van der Waals surface area contributed by atoms with Crippen LogP contribution in [0, 0.1) is 0 Å². The molecular weight excluding hydrogens is 218 g/mol. The number of hydrogen-bond donors (Lipinski definition) is 0. The van der Waals surface area contributed by atoms with Gasteiger partial charge in [-0.1, -0.05) is 6.58 Å². The summed E-state index contributed by atoms with van der Waals surface area (Å²) in [4.78, 5) is 4.24. The zero-order chi connectivity index (χ0) is 9.14. The number of ether oxygens (including phenoxy) is 1. The highest BCUT2D eigenvalue weighted by Crippen LogP contribution is 2.28. The van der Waals surface area contributed by atoms with Gasteiger partial charge in [-0.3, -0.25) is 0 Å². The number of nitrogens with zero attached hydrogens (tertiary/aromatic N) is 1. The van der Waals surface area contributed by atoms with Crippen LogP contribution in [0.2, 0.25) is 0 Å². The molecular formula is C9H12BrNO. The molecule has 1 rings (SSSR count). The molecule has 0 aromatic carbocycles. The summed E-state index contributed by atoms with van der Waals surface area (Å²) in [6.07, 6.45) is 0.905. The summed E-state index contributed by atoms with van der Waals surface area (Å²) in [5.74, 6) is 0.802. The first-order valence-electron chi connectivity index (χ1n) is 3.84. The lowest BCUT2D eigenvalue weighted by atomic mass is 10.2. The fraction of sp³-hybridized carbons (Fsp3) is 0.444. The number of allylic oxidation sites excluding steroid dienone is 1. The van der Waals surface area contributed by atoms with E-state index in [0.717, 1.165) is 34.7 Å². The van der Waals surface area contributed by atoms with Crippen molar-refractivity contribution < 1.29 is 4.74 Å². The summed E-state index contributed by atoms with van der Waals surface area (Å²) in [5.41, 5.74) is 2.02. The van der Waals surface area contributed by atoms with Crippen LogP contribution < -0.4 is 0 Å². The molecule has 0 saturated carbocycles. The van der Waals surface area contributed by atoms with Crippen LogP contribution in [0.3, 0.4) is 0 Å². The second-order valence-corrected chi connectivity index (χ2v) is 3.63. The smallest absolute Gasteiger partial charge is 0.154 e. The van der Waals surface area contributed by atoms with Gasteiger partial charge in [0.2, 0.25) is 0 Å². The van der Waals surface area contributed by atoms with Crippen molar-refractivity contribution in [1.29, 1.82) is 0 Å². The van der Waals surface area contributed by atoms with Crippen LogP contribution >= 0.6 is 15.9 Å². The van der Waals surface area contributed by atoms with Gasteiger partial charge in [0.25, 0.3) is 0 Å². The summed E-state index contributed by atoms with van der Waals surface area (Å²) in [6, 6.07) is 0. The minimum atomic E-state index is 0.724. The van der Waals surface area contributed by atoms with Gasteiger partial charge in [0, 0.05) is 12.1 Å². The van der Waals surface area contributed by atoms with E-state index in [2.05, 4.69) is 27.5 Å². The number of aliphatic imine (C=N–C) groups is 1. The van der Waals surface area contributed by atoms with Crippen LogP contribution in [0.25, 0.3) is 0 Å². The fourth-order valence-electron chi connectivity index (χ4n) is 0.944. The minimum Gasteiger partial charge on any atom is -0.490 e. The largest absolute Gasteiger partial charge is 0.490 e. The maximum absolute atomic E-state index is 5.35. The molecule has 0 aromatic heterocycles. The van der Waals surface area contributed by atoms with Crippen molar-refractivity contribution in [1.82, 2.24) is 0 Å². The molecule has 0 radical (unpaired) electrons. The second kappa shape index (κ2) is 3.90. The molecule has 0 aliphatic carbocycles. The summed E-state index contributed by atoms with van der Waals surface area (Å²) < 4.78 is 6.11. The summed E-state index contributed by atoms with van der Waals surface area (Å²) in [6.45, 7) is 8.49. The van der Waals surface area contributed by atoms with Crippen LogP contribution in [0.4, 0.5) is 0 Å². The molecule has 0 atom stereocenters. The van der Waals surface area contributed by atoms with E-state index in [0.29, 0.717) is 0 Å². The Morgan fingerprint density at radius 3 is 2.67 bits per heavy atom. The maximum Gasteiger partial charge on any atom is 0.154 e. The normalized spacial score (nSPS) is 20.4. The molecule has 0 unspecified atom stereocenters. The predicted octanol–water partition coefficient (Wildman–Crippen LogP) is 3.01. The molecule has 12 heavy (non-hydrogen) atoms. The second-order valence-electron chi connectivity index (χ2n) is 2.88. The Hall–Kier alpha value is -0.570. The van der Waals surface area contributed by atoms with E-state index in [1.807, 2.05) is 13.8 Å². The van der Waals surface area contributed by atoms with Crippen LogP contribution in [-0.4, -0.2) is 12.3 Å². The standard InChI is InChI=1S/C9H12BrNO/c1-6(2)11-9(10)8-7(3)4-5-12-8/h3-5H2,1-2H3/b9-8+. The van der Waals surface area contributed by atoms with Crippen molar-refractivity contribution in [2.45, 2.75) is 20.3 Å². The molecule has 1 aliphatic heterocycles. The Kier molecular flexibility index (Phi) is 3.09. The average Bonchev–Trinajstić information content (AvgIpc) is 2.33. The Morgan fingerprint density at radius 1 is 1.58 bits per heavy atom. The molecule has 1 aliphatic rings. The van der Waals surface area contributed by atoms with E-state index in [1.165, 1.54) is 0 Å². The highest BCUT2D eigenvalue weighted by atomic mass is 79.9. The monoisotopic (exact) mass is 229 g/mol. The van der Waals surface area contributed by atoms with Gasteiger partial charge in [0.15, 0.2) is 5.76 Å². The topological polar surface area (TPSA) is 21.6 Å². The molecule has 0 aromatic rings. The van der Waals surface area contributed by atoms with Crippen LogP contribution in [-0.2, 0) is 4.74 Å². The van der Waals surface area contributed by atoms with Crippen molar-refractivity contribution in [2.24, 2.45) is 4.99 Å². The first-order valence-corrected chi connectivity index (χ1v) is 4.63. The highest BCUT2D eigenvalue weighted by Gasteiger charge is 2.16. The van der Waals surface area contributed by atoms with Crippen LogP contribution in [0.15, 0.2) is 27.5 Å². The fourth-order valence-corrected chi connectivity index (χ4v) is 1.69. The lowest BCUT2D eigenvalue weighted by Gasteiger charge is -2.00. The van der Waals surface area contributed by atoms with Gasteiger partial charge in [-0.25, -0.2) is 4.99 Å². The molecule has 0 N–H and O–H groups in total. The molecule has 66 valence electrons. The lowest BCUT2D eigenvalue weighted by molar-refractivity contribution is 0.264. The zero-order valence-corrected chi connectivity index (χ0v) is 8.94. The van der Waals surface area contributed by atoms with E-state index >= 15 is 0 Å². The van der Waals surface area contributed by atoms with Crippen molar-refractivity contribution in [3.63, 3.8) is 0 Å². The number of halogens is 1. The van der Waals surface area contributed by atoms with E-state index in [9.17, 15) is 0 Å². The highest BCUT2D eigenvalue weighted by molar-refractivity contribution is 9.11. The van der Waals surface area contributed by atoms with E-state index in [-0.39, 0.29) is 0 Å². The molecule has 2 nitrogen and oxygen atoms in total. The van der Waals surface area contributed by atoms with Gasteiger partial charge < -0.3 is 4.74 Å². The molecule has 1 fully saturated rings. The third kappa shape index (κ3) is 2.21. The molecule has 1 heterocycles. The van der Waals surface area contributed by atoms with Crippen LogP contribution in [0.5, 0.6) is 0 Å². The zero-order valence-electron chi connectivity index (χ0n) is 7.35. The summed E-state index contributed by atoms with van der Waals surface area (Å²) >= 11 is 3.35. The third-order valence-corrected chi connectivity index (χ3v) is 2.02. The lowest BCUT2D eigenvalue weighted by Crippen LogP contribution is -1.86. The first kappa shape index (κ1) is 9.52. The molecule has 0 bridgehead atoms. The van der Waals surface area contributed by atoms with E-state index in [1.54, 1.807) is 0 Å². The third-order valence-electron chi connectivity index (χ3n) is 1.48. The van der Waals surface area contributed by atoms with Gasteiger partial charge in [-0.15, -0.1) is 0 Å². The molecule has 1 saturated heterocycles. The average molecular weight is 230 g/mol. The predicted molar refractivity (Wildman–Crippen MR) is 54.4 cm³/mol. The van der Waals surface area contributed by atoms with Gasteiger partial charge in [0.05, 0.1) is 6.61 Å².